The molecule has 0 aliphatic rings. The molecule has 0 saturated heterocycles. The quantitative estimate of drug-likeness (QED) is 0.745. The van der Waals surface area contributed by atoms with Gasteiger partial charge in [-0.05, 0) is 12.1 Å². The Hall–Kier alpha value is -1.91. The van der Waals surface area contributed by atoms with Crippen LogP contribution in [0, 0.1) is 0 Å². The number of fused-ring (bicyclic) bond motifs is 1. The summed E-state index contributed by atoms with van der Waals surface area (Å²) >= 11 is 0. The number of nitrogens with one attached hydrogen (secondary N) is 1. The van der Waals surface area contributed by atoms with Gasteiger partial charge in [0.2, 0.25) is 0 Å². The zero-order valence-electron chi connectivity index (χ0n) is 8.73. The molecule has 0 aliphatic heterocycles. The highest BCUT2D eigenvalue weighted by atomic mass is 16.1. The third kappa shape index (κ3) is 2.12. The van der Waals surface area contributed by atoms with E-state index in [4.69, 9.17) is 0 Å². The molecule has 0 aromatic carbocycles. The lowest BCUT2D eigenvalue weighted by molar-refractivity contribution is -0.108. The summed E-state index contributed by atoms with van der Waals surface area (Å²) < 4.78 is 1.34. The fraction of sp³-hybridized carbons (Fsp3) is 0.300. The molecule has 0 spiro atoms. The third-order valence-electron chi connectivity index (χ3n) is 1.80. The minimum atomic E-state index is -0.305. The Morgan fingerprint density at radius 1 is 1.53 bits per heavy atom. The molecule has 2 aromatic rings. The van der Waals surface area contributed by atoms with E-state index < -0.39 is 0 Å². The molecule has 1 N–H and O–H groups in total. The molecule has 2 heterocycles. The number of H-pyrrole nitrogens is 1. The molecule has 0 fully saturated rings. The summed E-state index contributed by atoms with van der Waals surface area (Å²) in [4.78, 5) is 28.0. The summed E-state index contributed by atoms with van der Waals surface area (Å²) in [5, 5.41) is 0. The monoisotopic (exact) mass is 207 g/mol. The van der Waals surface area contributed by atoms with Gasteiger partial charge in [0.25, 0.3) is 0 Å². The van der Waals surface area contributed by atoms with E-state index in [-0.39, 0.29) is 12.2 Å². The molecule has 2 aromatic heterocycles. The van der Waals surface area contributed by atoms with E-state index in [1.807, 2.05) is 13.8 Å². The Kier molecular flexibility index (Phi) is 3.79. The van der Waals surface area contributed by atoms with Crippen LogP contribution in [0.4, 0.5) is 0 Å². The molecule has 0 unspecified atom stereocenters. The molecule has 5 heteroatoms. The number of hydrogen-bond donors (Lipinski definition) is 1. The summed E-state index contributed by atoms with van der Waals surface area (Å²) in [5.74, 6) is 0. The maximum atomic E-state index is 11.2. The van der Waals surface area contributed by atoms with Crippen LogP contribution in [0.2, 0.25) is 0 Å². The van der Waals surface area contributed by atoms with Crippen LogP contribution in [0.3, 0.4) is 0 Å². The lowest BCUT2D eigenvalue weighted by Crippen LogP contribution is -2.17. The molecular weight excluding hydrogens is 194 g/mol. The second-order valence-corrected chi connectivity index (χ2v) is 2.58. The van der Waals surface area contributed by atoms with E-state index in [1.54, 1.807) is 18.3 Å². The zero-order chi connectivity index (χ0) is 11.3. The number of carbonyl (C=O) groups is 1. The van der Waals surface area contributed by atoms with Crippen LogP contribution in [-0.4, -0.2) is 20.8 Å². The average molecular weight is 207 g/mol. The number of aromatic nitrogens is 3. The van der Waals surface area contributed by atoms with Gasteiger partial charge in [-0.15, -0.1) is 0 Å². The number of imidazole rings is 1. The lowest BCUT2D eigenvalue weighted by atomic mass is 10.4. The van der Waals surface area contributed by atoms with E-state index in [9.17, 15) is 9.59 Å². The molecule has 2 rings (SSSR count). The highest BCUT2D eigenvalue weighted by Gasteiger charge is 2.04. The van der Waals surface area contributed by atoms with Gasteiger partial charge in [0.05, 0.1) is 12.1 Å². The van der Waals surface area contributed by atoms with Gasteiger partial charge in [-0.1, -0.05) is 13.8 Å². The highest BCUT2D eigenvalue weighted by molar-refractivity contribution is 5.71. The summed E-state index contributed by atoms with van der Waals surface area (Å²) in [6.07, 6.45) is 2.27. The second-order valence-electron chi connectivity index (χ2n) is 2.58. The van der Waals surface area contributed by atoms with Crippen LogP contribution >= 0.6 is 0 Å². The Bertz CT molecular complexity index is 499. The molecule has 0 atom stereocenters. The van der Waals surface area contributed by atoms with Gasteiger partial charge in [-0.25, -0.2) is 9.78 Å². The van der Waals surface area contributed by atoms with Gasteiger partial charge in [0.1, 0.15) is 6.29 Å². The van der Waals surface area contributed by atoms with E-state index >= 15 is 0 Å². The van der Waals surface area contributed by atoms with Crippen molar-refractivity contribution in [3.8, 4) is 0 Å². The van der Waals surface area contributed by atoms with E-state index in [2.05, 4.69) is 9.97 Å². The van der Waals surface area contributed by atoms with Crippen molar-refractivity contribution < 1.29 is 4.79 Å². The smallest absolute Gasteiger partial charge is 0.301 e. The van der Waals surface area contributed by atoms with Crippen LogP contribution in [0.15, 0.2) is 23.1 Å². The molecule has 5 nitrogen and oxygen atoms in total. The molecule has 80 valence electrons. The first-order valence-corrected chi connectivity index (χ1v) is 4.80. The normalized spacial score (nSPS) is 9.47. The Labute approximate surface area is 86.8 Å². The largest absolute Gasteiger partial charge is 0.328 e. The Balaban J connectivity index is 0.000000531. The summed E-state index contributed by atoms with van der Waals surface area (Å²) in [6, 6.07) is 3.46. The number of carbonyl (C=O) groups excluding carboxylic acids is 1. The van der Waals surface area contributed by atoms with Crippen LogP contribution in [-0.2, 0) is 11.3 Å². The standard InChI is InChI=1S/C8H7N3O2.C2H6/c12-5-4-11-6-2-1-3-9-7(6)10-8(11)13;1-2/h1-3,5H,4H2,(H,9,10,13);1-2H3. The highest BCUT2D eigenvalue weighted by Crippen LogP contribution is 2.04. The first-order valence-electron chi connectivity index (χ1n) is 4.80. The number of hydrogen-bond acceptors (Lipinski definition) is 3. The topological polar surface area (TPSA) is 67.8 Å². The van der Waals surface area contributed by atoms with Crippen molar-refractivity contribution in [2.75, 3.05) is 0 Å². The second kappa shape index (κ2) is 5.09. The molecule has 0 aliphatic carbocycles. The number of nitrogens with zero attached hydrogens (tertiary/aromatic N) is 2. The molecule has 15 heavy (non-hydrogen) atoms. The predicted molar refractivity (Wildman–Crippen MR) is 57.8 cm³/mol. The number of rotatable bonds is 2. The maximum absolute atomic E-state index is 11.2. The van der Waals surface area contributed by atoms with Crippen molar-refractivity contribution in [3.05, 3.63) is 28.8 Å². The minimum absolute atomic E-state index is 0.0600. The van der Waals surface area contributed by atoms with Gasteiger partial charge < -0.3 is 4.79 Å². The Morgan fingerprint density at radius 2 is 2.27 bits per heavy atom. The average Bonchev–Trinajstić information content (AvgIpc) is 2.59. The van der Waals surface area contributed by atoms with Gasteiger partial charge in [-0.2, -0.15) is 0 Å². The van der Waals surface area contributed by atoms with Crippen molar-refractivity contribution in [2.45, 2.75) is 20.4 Å². The lowest BCUT2D eigenvalue weighted by Gasteiger charge is -1.93. The van der Waals surface area contributed by atoms with Crippen molar-refractivity contribution >= 4 is 17.5 Å². The molecule has 0 saturated carbocycles. The van der Waals surface area contributed by atoms with Crippen LogP contribution in [0.5, 0.6) is 0 Å². The van der Waals surface area contributed by atoms with Crippen molar-refractivity contribution in [1.82, 2.24) is 14.5 Å². The number of pyridine rings is 1. The van der Waals surface area contributed by atoms with E-state index in [0.29, 0.717) is 17.5 Å². The van der Waals surface area contributed by atoms with Gasteiger partial charge in [-0.3, -0.25) is 9.55 Å². The van der Waals surface area contributed by atoms with E-state index in [0.717, 1.165) is 0 Å². The fourth-order valence-electron chi connectivity index (χ4n) is 1.24. The minimum Gasteiger partial charge on any atom is -0.301 e. The first-order chi connectivity index (χ1) is 7.33. The van der Waals surface area contributed by atoms with Crippen molar-refractivity contribution in [1.29, 1.82) is 0 Å². The SMILES string of the molecule is CC.O=CCn1c(=O)[nH]c2ncccc21. The van der Waals surface area contributed by atoms with Crippen LogP contribution in [0.25, 0.3) is 11.2 Å². The maximum Gasteiger partial charge on any atom is 0.328 e. The third-order valence-corrected chi connectivity index (χ3v) is 1.80. The van der Waals surface area contributed by atoms with E-state index in [1.165, 1.54) is 4.57 Å². The number of aromatic amines is 1. The van der Waals surface area contributed by atoms with Gasteiger partial charge in [0, 0.05) is 6.20 Å². The fourth-order valence-corrected chi connectivity index (χ4v) is 1.24. The van der Waals surface area contributed by atoms with Crippen molar-refractivity contribution in [2.24, 2.45) is 0 Å². The van der Waals surface area contributed by atoms with Gasteiger partial charge in [0.15, 0.2) is 5.65 Å². The van der Waals surface area contributed by atoms with Gasteiger partial charge >= 0.3 is 5.69 Å². The van der Waals surface area contributed by atoms with Crippen LogP contribution in [0.1, 0.15) is 13.8 Å². The molecule has 0 amide bonds. The Morgan fingerprint density at radius 3 is 2.93 bits per heavy atom. The first kappa shape index (κ1) is 11.2. The molecule has 0 radical (unpaired) electrons. The summed E-state index contributed by atoms with van der Waals surface area (Å²) in [6.45, 7) is 4.06. The molecule has 0 bridgehead atoms. The summed E-state index contributed by atoms with van der Waals surface area (Å²) in [5.41, 5.74) is 0.856. The predicted octanol–water partition coefficient (Wildman–Crippen LogP) is 0.950. The molecular formula is C10H13N3O2. The zero-order valence-corrected chi connectivity index (χ0v) is 8.73. The van der Waals surface area contributed by atoms with Crippen LogP contribution < -0.4 is 5.69 Å². The summed E-state index contributed by atoms with van der Waals surface area (Å²) in [7, 11) is 0. The van der Waals surface area contributed by atoms with Crippen molar-refractivity contribution in [3.63, 3.8) is 0 Å². The number of aldehydes is 1.